The summed E-state index contributed by atoms with van der Waals surface area (Å²) in [5.74, 6) is 0.309. The lowest BCUT2D eigenvalue weighted by Crippen LogP contribution is -2.38. The Hall–Kier alpha value is -2.57. The van der Waals surface area contributed by atoms with E-state index in [4.69, 9.17) is 0 Å². The molecule has 7 heteroatoms. The normalized spacial score (nSPS) is 17.4. The van der Waals surface area contributed by atoms with Crippen molar-refractivity contribution in [2.75, 3.05) is 49.5 Å². The van der Waals surface area contributed by atoms with Gasteiger partial charge in [-0.2, -0.15) is 0 Å². The van der Waals surface area contributed by atoms with Gasteiger partial charge in [0.05, 0.1) is 5.56 Å². The Balaban J connectivity index is 1.82. The van der Waals surface area contributed by atoms with Crippen LogP contribution in [0.3, 0.4) is 0 Å². The van der Waals surface area contributed by atoms with E-state index in [2.05, 4.69) is 10.2 Å². The fourth-order valence-electron chi connectivity index (χ4n) is 4.75. The topological polar surface area (TPSA) is 73.0 Å². The lowest BCUT2D eigenvalue weighted by atomic mass is 10.1. The summed E-state index contributed by atoms with van der Waals surface area (Å²) in [6.45, 7) is 9.62. The zero-order valence-corrected chi connectivity index (χ0v) is 19.2. The van der Waals surface area contributed by atoms with Crippen LogP contribution in [0.4, 0.5) is 11.4 Å². The predicted octanol–water partition coefficient (Wildman–Crippen LogP) is 3.36. The fraction of sp³-hybridized carbons (Fsp3) is 0.625. The van der Waals surface area contributed by atoms with E-state index in [1.807, 2.05) is 30.9 Å². The van der Waals surface area contributed by atoms with Crippen molar-refractivity contribution in [3.8, 4) is 0 Å². The van der Waals surface area contributed by atoms with Gasteiger partial charge in [0.1, 0.15) is 0 Å². The molecule has 2 aliphatic rings. The van der Waals surface area contributed by atoms with Crippen molar-refractivity contribution < 1.29 is 14.4 Å². The van der Waals surface area contributed by atoms with Gasteiger partial charge in [0, 0.05) is 63.5 Å². The van der Waals surface area contributed by atoms with E-state index in [0.29, 0.717) is 43.3 Å². The van der Waals surface area contributed by atoms with Crippen LogP contribution in [0.2, 0.25) is 0 Å². The zero-order chi connectivity index (χ0) is 22.4. The van der Waals surface area contributed by atoms with Crippen LogP contribution in [0.15, 0.2) is 18.2 Å². The first-order valence-electron chi connectivity index (χ1n) is 11.7. The van der Waals surface area contributed by atoms with Crippen LogP contribution in [-0.2, 0) is 9.59 Å². The average Bonchev–Trinajstić information content (AvgIpc) is 3.18. The number of hydrogen-bond donors (Lipinski definition) is 1. The third-order valence-corrected chi connectivity index (χ3v) is 6.45. The monoisotopic (exact) mass is 428 g/mol. The highest BCUT2D eigenvalue weighted by Crippen LogP contribution is 2.29. The van der Waals surface area contributed by atoms with Gasteiger partial charge in [0.15, 0.2) is 0 Å². The van der Waals surface area contributed by atoms with E-state index in [1.165, 1.54) is 6.92 Å². The molecule has 1 heterocycles. The maximum atomic E-state index is 13.3. The Morgan fingerprint density at radius 1 is 1.00 bits per heavy atom. The summed E-state index contributed by atoms with van der Waals surface area (Å²) in [5.41, 5.74) is 2.10. The van der Waals surface area contributed by atoms with Crippen molar-refractivity contribution >= 4 is 29.1 Å². The Kier molecular flexibility index (Phi) is 7.93. The number of rotatable bonds is 6. The van der Waals surface area contributed by atoms with Crippen LogP contribution in [0.25, 0.3) is 0 Å². The Morgan fingerprint density at radius 2 is 1.71 bits per heavy atom. The second-order valence-electron chi connectivity index (χ2n) is 8.54. The lowest BCUT2D eigenvalue weighted by Gasteiger charge is -2.28. The Morgan fingerprint density at radius 3 is 2.35 bits per heavy atom. The summed E-state index contributed by atoms with van der Waals surface area (Å²) in [4.78, 5) is 43.7. The smallest absolute Gasteiger partial charge is 0.256 e. The summed E-state index contributed by atoms with van der Waals surface area (Å²) in [5, 5.41) is 2.79. The van der Waals surface area contributed by atoms with Gasteiger partial charge in [-0.05, 0) is 51.3 Å². The van der Waals surface area contributed by atoms with E-state index in [-0.39, 0.29) is 17.7 Å². The van der Waals surface area contributed by atoms with Crippen LogP contribution < -0.4 is 10.2 Å². The van der Waals surface area contributed by atoms with Gasteiger partial charge < -0.3 is 20.0 Å². The van der Waals surface area contributed by atoms with E-state index >= 15 is 0 Å². The van der Waals surface area contributed by atoms with E-state index < -0.39 is 0 Å². The fourth-order valence-corrected chi connectivity index (χ4v) is 4.75. The Bertz CT molecular complexity index is 800. The molecule has 1 N–H and O–H groups in total. The molecule has 1 saturated carbocycles. The molecule has 0 radical (unpaired) electrons. The Labute approximate surface area is 185 Å². The molecule has 1 saturated heterocycles. The van der Waals surface area contributed by atoms with Gasteiger partial charge in [-0.1, -0.05) is 12.8 Å². The third kappa shape index (κ3) is 5.57. The van der Waals surface area contributed by atoms with Crippen molar-refractivity contribution in [3.63, 3.8) is 0 Å². The van der Waals surface area contributed by atoms with Crippen LogP contribution in [0.1, 0.15) is 63.2 Å². The van der Waals surface area contributed by atoms with Gasteiger partial charge in [-0.25, -0.2) is 0 Å². The van der Waals surface area contributed by atoms with Gasteiger partial charge >= 0.3 is 0 Å². The quantitative estimate of drug-likeness (QED) is 0.754. The highest BCUT2D eigenvalue weighted by atomic mass is 16.2. The molecule has 31 heavy (non-hydrogen) atoms. The van der Waals surface area contributed by atoms with E-state index in [0.717, 1.165) is 50.9 Å². The molecule has 1 aliphatic heterocycles. The second kappa shape index (κ2) is 10.6. The molecule has 1 aromatic carbocycles. The molecule has 1 aliphatic carbocycles. The molecule has 3 amide bonds. The summed E-state index contributed by atoms with van der Waals surface area (Å²) >= 11 is 0. The maximum Gasteiger partial charge on any atom is 0.256 e. The number of anilines is 2. The van der Waals surface area contributed by atoms with E-state index in [9.17, 15) is 14.4 Å². The summed E-state index contributed by atoms with van der Waals surface area (Å²) in [7, 11) is 0. The lowest BCUT2D eigenvalue weighted by molar-refractivity contribution is -0.135. The van der Waals surface area contributed by atoms with Gasteiger partial charge in [-0.3, -0.25) is 14.4 Å². The summed E-state index contributed by atoms with van der Waals surface area (Å²) in [6.07, 6.45) is 5.24. The number of carbonyl (C=O) groups is 3. The molecule has 3 rings (SSSR count). The summed E-state index contributed by atoms with van der Waals surface area (Å²) < 4.78 is 0. The largest absolute Gasteiger partial charge is 0.369 e. The predicted molar refractivity (Wildman–Crippen MR) is 123 cm³/mol. The first-order valence-corrected chi connectivity index (χ1v) is 11.7. The molecule has 1 aromatic rings. The van der Waals surface area contributed by atoms with Crippen molar-refractivity contribution in [2.45, 2.75) is 52.9 Å². The van der Waals surface area contributed by atoms with Crippen molar-refractivity contribution in [3.05, 3.63) is 23.8 Å². The maximum absolute atomic E-state index is 13.3. The van der Waals surface area contributed by atoms with Crippen molar-refractivity contribution in [1.29, 1.82) is 0 Å². The number of nitrogens with zero attached hydrogens (tertiary/aromatic N) is 3. The van der Waals surface area contributed by atoms with Gasteiger partial charge in [0.2, 0.25) is 11.8 Å². The average molecular weight is 429 g/mol. The minimum Gasteiger partial charge on any atom is -0.369 e. The number of amides is 3. The number of benzene rings is 1. The number of carbonyl (C=O) groups excluding carboxylic acids is 3. The number of nitrogens with one attached hydrogen (secondary N) is 1. The van der Waals surface area contributed by atoms with Gasteiger partial charge in [-0.15, -0.1) is 0 Å². The minimum absolute atomic E-state index is 0.0321. The van der Waals surface area contributed by atoms with Crippen molar-refractivity contribution in [1.82, 2.24) is 9.80 Å². The molecular formula is C24H36N4O3. The second-order valence-corrected chi connectivity index (χ2v) is 8.54. The minimum atomic E-state index is -0.162. The molecule has 0 bridgehead atoms. The molecule has 0 unspecified atom stereocenters. The van der Waals surface area contributed by atoms with Crippen LogP contribution >= 0.6 is 0 Å². The highest BCUT2D eigenvalue weighted by molar-refractivity contribution is 6.02. The summed E-state index contributed by atoms with van der Waals surface area (Å²) in [6, 6.07) is 5.56. The SMILES string of the molecule is CCN(CC)C(=O)c1cc(NC(C)=O)ccc1N1CCCN(C(=O)C2CCCC2)CC1. The first-order chi connectivity index (χ1) is 14.9. The van der Waals surface area contributed by atoms with E-state index in [1.54, 1.807) is 11.0 Å². The van der Waals surface area contributed by atoms with Gasteiger partial charge in [0.25, 0.3) is 5.91 Å². The van der Waals surface area contributed by atoms with Crippen LogP contribution in [0.5, 0.6) is 0 Å². The van der Waals surface area contributed by atoms with Crippen LogP contribution in [0, 0.1) is 5.92 Å². The molecule has 0 spiro atoms. The van der Waals surface area contributed by atoms with Crippen molar-refractivity contribution in [2.24, 2.45) is 5.92 Å². The standard InChI is InChI=1S/C24H36N4O3/c1-4-26(5-2)24(31)21-17-20(25-18(3)29)11-12-22(21)27-13-8-14-28(16-15-27)23(30)19-9-6-7-10-19/h11-12,17,19H,4-10,13-16H2,1-3H3,(H,25,29). The molecule has 0 aromatic heterocycles. The first kappa shape index (κ1) is 23.1. The molecular weight excluding hydrogens is 392 g/mol. The third-order valence-electron chi connectivity index (χ3n) is 6.45. The number of hydrogen-bond acceptors (Lipinski definition) is 4. The molecule has 0 atom stereocenters. The molecule has 170 valence electrons. The molecule has 2 fully saturated rings. The highest BCUT2D eigenvalue weighted by Gasteiger charge is 2.29. The van der Waals surface area contributed by atoms with Crippen LogP contribution in [-0.4, -0.2) is 66.8 Å². The zero-order valence-electron chi connectivity index (χ0n) is 19.2. The molecule has 7 nitrogen and oxygen atoms in total.